The molecule has 0 radical (unpaired) electrons. The van der Waals surface area contributed by atoms with Crippen LogP contribution in [-0.4, -0.2) is 26.1 Å². The Morgan fingerprint density at radius 1 is 1.16 bits per heavy atom. The second kappa shape index (κ2) is 8.62. The highest BCUT2D eigenvalue weighted by atomic mass is 19.1. The number of halogens is 1. The van der Waals surface area contributed by atoms with E-state index in [0.29, 0.717) is 13.1 Å². The van der Waals surface area contributed by atoms with Crippen molar-refractivity contribution in [1.29, 1.82) is 0 Å². The van der Waals surface area contributed by atoms with Gasteiger partial charge in [-0.3, -0.25) is 4.79 Å². The maximum absolute atomic E-state index is 13.8. The Bertz CT molecular complexity index is 746. The number of methoxy groups -OCH3 is 1. The first kappa shape index (κ1) is 18.9. The van der Waals surface area contributed by atoms with Crippen molar-refractivity contribution < 1.29 is 18.8 Å². The summed E-state index contributed by atoms with van der Waals surface area (Å²) in [5, 5.41) is 2.94. The standard InChI is InChI=1S/C20H25FN2O2/c1-5-23(12-16-7-9-19(25-4)18(21)11-16)13-20(24)22-17-8-6-14(2)15(3)10-17/h6-11H,5,12-13H2,1-4H3,(H,22,24)/p+1. The molecule has 2 aromatic rings. The molecule has 1 unspecified atom stereocenters. The van der Waals surface area contributed by atoms with E-state index >= 15 is 0 Å². The minimum atomic E-state index is -0.380. The van der Waals surface area contributed by atoms with E-state index in [-0.39, 0.29) is 17.5 Å². The average Bonchev–Trinajstić information content (AvgIpc) is 2.57. The topological polar surface area (TPSA) is 42.8 Å². The summed E-state index contributed by atoms with van der Waals surface area (Å²) in [6.07, 6.45) is 0. The van der Waals surface area contributed by atoms with Crippen LogP contribution in [0.15, 0.2) is 36.4 Å². The van der Waals surface area contributed by atoms with Crippen molar-refractivity contribution >= 4 is 11.6 Å². The smallest absolute Gasteiger partial charge is 0.279 e. The Hall–Kier alpha value is -2.40. The molecule has 0 aliphatic heterocycles. The lowest BCUT2D eigenvalue weighted by Gasteiger charge is -2.18. The minimum absolute atomic E-state index is 0.0471. The van der Waals surface area contributed by atoms with Crippen molar-refractivity contribution in [3.05, 3.63) is 58.9 Å². The molecule has 4 nitrogen and oxygen atoms in total. The maximum atomic E-state index is 13.8. The number of rotatable bonds is 7. The van der Waals surface area contributed by atoms with E-state index in [1.165, 1.54) is 18.7 Å². The van der Waals surface area contributed by atoms with Crippen LogP contribution in [0.2, 0.25) is 0 Å². The van der Waals surface area contributed by atoms with Crippen LogP contribution in [0.3, 0.4) is 0 Å². The molecule has 1 amide bonds. The van der Waals surface area contributed by atoms with Gasteiger partial charge in [0.1, 0.15) is 6.54 Å². The molecule has 0 aliphatic carbocycles. The normalized spacial score (nSPS) is 11.9. The first-order valence-electron chi connectivity index (χ1n) is 8.46. The van der Waals surface area contributed by atoms with Crippen LogP contribution < -0.4 is 15.0 Å². The third-order valence-electron chi connectivity index (χ3n) is 4.37. The van der Waals surface area contributed by atoms with Crippen molar-refractivity contribution in [3.8, 4) is 5.75 Å². The number of anilines is 1. The van der Waals surface area contributed by atoms with Gasteiger partial charge in [-0.05, 0) is 62.2 Å². The third kappa shape index (κ3) is 5.29. The lowest BCUT2D eigenvalue weighted by atomic mass is 10.1. The van der Waals surface area contributed by atoms with E-state index < -0.39 is 0 Å². The van der Waals surface area contributed by atoms with Gasteiger partial charge in [0, 0.05) is 11.3 Å². The van der Waals surface area contributed by atoms with E-state index in [1.807, 2.05) is 45.0 Å². The van der Waals surface area contributed by atoms with Gasteiger partial charge >= 0.3 is 0 Å². The number of quaternary nitrogens is 1. The molecular formula is C20H26FN2O2+. The fourth-order valence-electron chi connectivity index (χ4n) is 2.67. The molecule has 2 rings (SSSR count). The summed E-state index contributed by atoms with van der Waals surface area (Å²) in [5.41, 5.74) is 3.99. The lowest BCUT2D eigenvalue weighted by molar-refractivity contribution is -0.903. The second-order valence-electron chi connectivity index (χ2n) is 6.27. The largest absolute Gasteiger partial charge is 0.494 e. The van der Waals surface area contributed by atoms with Gasteiger partial charge in [0.25, 0.3) is 5.91 Å². The summed E-state index contributed by atoms with van der Waals surface area (Å²) in [6.45, 7) is 7.76. The molecule has 1 atom stereocenters. The lowest BCUT2D eigenvalue weighted by Crippen LogP contribution is -3.11. The number of ether oxygens (including phenoxy) is 1. The molecule has 0 saturated heterocycles. The molecule has 0 heterocycles. The second-order valence-corrected chi connectivity index (χ2v) is 6.27. The summed E-state index contributed by atoms with van der Waals surface area (Å²) < 4.78 is 18.7. The SMILES string of the molecule is CC[NH+](CC(=O)Nc1ccc(C)c(C)c1)Cc1ccc(OC)c(F)c1. The zero-order chi connectivity index (χ0) is 18.4. The number of benzene rings is 2. The van der Waals surface area contributed by atoms with Crippen LogP contribution in [-0.2, 0) is 11.3 Å². The number of aryl methyl sites for hydroxylation is 2. The van der Waals surface area contributed by atoms with E-state index in [0.717, 1.165) is 28.3 Å². The predicted octanol–water partition coefficient (Wildman–Crippen LogP) is 2.49. The quantitative estimate of drug-likeness (QED) is 0.810. The van der Waals surface area contributed by atoms with Gasteiger partial charge in [-0.2, -0.15) is 0 Å². The number of amides is 1. The van der Waals surface area contributed by atoms with Crippen LogP contribution in [0.5, 0.6) is 5.75 Å². The Balaban J connectivity index is 1.97. The third-order valence-corrected chi connectivity index (χ3v) is 4.37. The van der Waals surface area contributed by atoms with Gasteiger partial charge in [-0.25, -0.2) is 4.39 Å². The summed E-state index contributed by atoms with van der Waals surface area (Å²) in [4.78, 5) is 13.4. The Morgan fingerprint density at radius 2 is 1.92 bits per heavy atom. The highest BCUT2D eigenvalue weighted by Crippen LogP contribution is 2.17. The van der Waals surface area contributed by atoms with Crippen molar-refractivity contribution in [1.82, 2.24) is 0 Å². The van der Waals surface area contributed by atoms with Crippen molar-refractivity contribution in [2.75, 3.05) is 25.5 Å². The van der Waals surface area contributed by atoms with E-state index in [2.05, 4.69) is 5.32 Å². The van der Waals surface area contributed by atoms with Crippen LogP contribution in [0.1, 0.15) is 23.6 Å². The van der Waals surface area contributed by atoms with Crippen LogP contribution >= 0.6 is 0 Å². The number of hydrogen-bond acceptors (Lipinski definition) is 2. The molecule has 134 valence electrons. The molecule has 25 heavy (non-hydrogen) atoms. The fourth-order valence-corrected chi connectivity index (χ4v) is 2.67. The summed E-state index contributed by atoms with van der Waals surface area (Å²) in [5.74, 6) is -0.196. The molecule has 5 heteroatoms. The number of carbonyl (C=O) groups excluding carboxylic acids is 1. The van der Waals surface area contributed by atoms with Crippen LogP contribution in [0.25, 0.3) is 0 Å². The average molecular weight is 345 g/mol. The fraction of sp³-hybridized carbons (Fsp3) is 0.350. The summed E-state index contributed by atoms with van der Waals surface area (Å²) in [7, 11) is 1.44. The maximum Gasteiger partial charge on any atom is 0.279 e. The highest BCUT2D eigenvalue weighted by Gasteiger charge is 2.15. The first-order chi connectivity index (χ1) is 11.9. The number of likely N-dealkylation sites (N-methyl/N-ethyl adjacent to an activating group) is 1. The molecular weight excluding hydrogens is 319 g/mol. The zero-order valence-corrected chi connectivity index (χ0v) is 15.3. The molecule has 0 bridgehead atoms. The Kier molecular flexibility index (Phi) is 6.53. The first-order valence-corrected chi connectivity index (χ1v) is 8.46. The van der Waals surface area contributed by atoms with Crippen molar-refractivity contribution in [2.24, 2.45) is 0 Å². The number of hydrogen-bond donors (Lipinski definition) is 2. The highest BCUT2D eigenvalue weighted by molar-refractivity contribution is 5.91. The molecule has 0 aromatic heterocycles. The van der Waals surface area contributed by atoms with Gasteiger partial charge < -0.3 is 15.0 Å². The van der Waals surface area contributed by atoms with Crippen molar-refractivity contribution in [3.63, 3.8) is 0 Å². The van der Waals surface area contributed by atoms with E-state index in [4.69, 9.17) is 4.74 Å². The minimum Gasteiger partial charge on any atom is -0.494 e. The molecule has 0 spiro atoms. The zero-order valence-electron chi connectivity index (χ0n) is 15.3. The summed E-state index contributed by atoms with van der Waals surface area (Å²) >= 11 is 0. The molecule has 0 fully saturated rings. The van der Waals surface area contributed by atoms with E-state index in [1.54, 1.807) is 6.07 Å². The predicted molar refractivity (Wildman–Crippen MR) is 97.6 cm³/mol. The van der Waals surface area contributed by atoms with E-state index in [9.17, 15) is 9.18 Å². The monoisotopic (exact) mass is 345 g/mol. The summed E-state index contributed by atoms with van der Waals surface area (Å²) in [6, 6.07) is 10.8. The van der Waals surface area contributed by atoms with Gasteiger partial charge in [0.2, 0.25) is 0 Å². The Morgan fingerprint density at radius 3 is 2.52 bits per heavy atom. The number of carbonyl (C=O) groups is 1. The van der Waals surface area contributed by atoms with Crippen LogP contribution in [0.4, 0.5) is 10.1 Å². The molecule has 2 N–H and O–H groups in total. The molecule has 2 aromatic carbocycles. The van der Waals surface area contributed by atoms with Gasteiger partial charge in [-0.15, -0.1) is 0 Å². The number of nitrogens with one attached hydrogen (secondary N) is 2. The van der Waals surface area contributed by atoms with Gasteiger partial charge in [-0.1, -0.05) is 6.07 Å². The Labute approximate surface area is 148 Å². The molecule has 0 saturated carbocycles. The van der Waals surface area contributed by atoms with Gasteiger partial charge in [0.05, 0.1) is 13.7 Å². The molecule has 0 aliphatic rings. The van der Waals surface area contributed by atoms with Crippen molar-refractivity contribution in [2.45, 2.75) is 27.3 Å². The van der Waals surface area contributed by atoms with Crippen LogP contribution in [0, 0.1) is 19.7 Å². The van der Waals surface area contributed by atoms with Gasteiger partial charge in [0.15, 0.2) is 18.1 Å².